The highest BCUT2D eigenvalue weighted by molar-refractivity contribution is 7.46. The molecule has 3 N–H and O–H groups in total. The molecule has 14 heavy (non-hydrogen) atoms. The number of phosphoric ester groups is 1. The molecule has 0 atom stereocenters. The number of hydrogen-bond donors (Lipinski definition) is 3. The van der Waals surface area contributed by atoms with Crippen LogP contribution in [0.5, 0.6) is 0 Å². The second-order valence-electron chi connectivity index (χ2n) is 2.23. The molecule has 1 heterocycles. The van der Waals surface area contributed by atoms with Gasteiger partial charge in [0.05, 0.1) is 13.0 Å². The molecule has 0 amide bonds. The van der Waals surface area contributed by atoms with E-state index in [2.05, 4.69) is 14.3 Å². The van der Waals surface area contributed by atoms with Gasteiger partial charge in [0, 0.05) is 0 Å². The monoisotopic (exact) mass is 230 g/mol. The maximum Gasteiger partial charge on any atom is 0.469 e. The predicted molar refractivity (Wildman–Crippen MR) is 41.9 cm³/mol. The molecule has 0 spiro atoms. The first-order chi connectivity index (χ1) is 6.31. The number of hydrogen-bond acceptors (Lipinski definition) is 5. The van der Waals surface area contributed by atoms with Crippen molar-refractivity contribution in [1.82, 2.24) is 0 Å². The van der Waals surface area contributed by atoms with E-state index in [1.54, 1.807) is 0 Å². The molecule has 9 heteroatoms. The standard InChI is InChI=1S/C3H7O6P.C2H4O2/c4-3(5)1-2-9-10(6,7)8;1-2-3-4-2/h1-2H2,(H,4,5)(H2,6,7,8);2H,1H3. The number of carboxylic acids is 1. The number of carbonyl (C=O) groups is 1. The van der Waals surface area contributed by atoms with Crippen LogP contribution in [0.25, 0.3) is 0 Å². The van der Waals surface area contributed by atoms with Crippen LogP contribution in [0, 0.1) is 0 Å². The minimum Gasteiger partial charge on any atom is -0.481 e. The molecule has 1 aliphatic rings. The van der Waals surface area contributed by atoms with Crippen molar-refractivity contribution in [2.24, 2.45) is 0 Å². The van der Waals surface area contributed by atoms with Gasteiger partial charge >= 0.3 is 13.8 Å². The summed E-state index contributed by atoms with van der Waals surface area (Å²) >= 11 is 0. The van der Waals surface area contributed by atoms with E-state index in [-0.39, 0.29) is 6.29 Å². The average Bonchev–Trinajstić information content (AvgIpc) is 2.68. The predicted octanol–water partition coefficient (Wildman–Crippen LogP) is -0.135. The van der Waals surface area contributed by atoms with Crippen LogP contribution in [0.1, 0.15) is 13.3 Å². The summed E-state index contributed by atoms with van der Waals surface area (Å²) in [4.78, 5) is 34.2. The Labute approximate surface area is 79.6 Å². The average molecular weight is 230 g/mol. The lowest BCUT2D eigenvalue weighted by molar-refractivity contribution is -0.137. The van der Waals surface area contributed by atoms with Crippen molar-refractivity contribution in [2.45, 2.75) is 19.6 Å². The molecule has 1 fully saturated rings. The van der Waals surface area contributed by atoms with Gasteiger partial charge in [0.2, 0.25) is 6.29 Å². The Morgan fingerprint density at radius 1 is 1.50 bits per heavy atom. The Hall–Kier alpha value is -0.500. The summed E-state index contributed by atoms with van der Waals surface area (Å²) in [5.74, 6) is -1.16. The van der Waals surface area contributed by atoms with E-state index < -0.39 is 26.8 Å². The first-order valence-electron chi connectivity index (χ1n) is 3.55. The Bertz CT molecular complexity index is 218. The lowest BCUT2D eigenvalue weighted by Gasteiger charge is -2.01. The second kappa shape index (κ2) is 6.07. The van der Waals surface area contributed by atoms with E-state index in [9.17, 15) is 9.36 Å². The van der Waals surface area contributed by atoms with Gasteiger partial charge in [0.25, 0.3) is 0 Å². The fourth-order valence-corrected chi connectivity index (χ4v) is 0.637. The van der Waals surface area contributed by atoms with Gasteiger partial charge in [0.1, 0.15) is 0 Å². The van der Waals surface area contributed by atoms with Gasteiger partial charge in [-0.25, -0.2) is 4.57 Å². The normalized spacial score (nSPS) is 15.6. The third-order valence-electron chi connectivity index (χ3n) is 0.864. The lowest BCUT2D eigenvalue weighted by atomic mass is 10.5. The quantitative estimate of drug-likeness (QED) is 0.345. The molecule has 1 aliphatic heterocycles. The Morgan fingerprint density at radius 2 is 1.93 bits per heavy atom. The van der Waals surface area contributed by atoms with Crippen LogP contribution in [-0.2, 0) is 23.7 Å². The van der Waals surface area contributed by atoms with E-state index in [0.717, 1.165) is 0 Å². The molecule has 0 unspecified atom stereocenters. The molecule has 8 nitrogen and oxygen atoms in total. The Kier molecular flexibility index (Phi) is 5.86. The zero-order valence-electron chi connectivity index (χ0n) is 7.32. The molecular weight excluding hydrogens is 219 g/mol. The van der Waals surface area contributed by atoms with Gasteiger partial charge < -0.3 is 14.9 Å². The van der Waals surface area contributed by atoms with Crippen LogP contribution < -0.4 is 0 Å². The third kappa shape index (κ3) is 14.0. The molecule has 0 bridgehead atoms. The highest BCUT2D eigenvalue weighted by Crippen LogP contribution is 2.35. The summed E-state index contributed by atoms with van der Waals surface area (Å²) in [6.07, 6.45) is -0.328. The second-order valence-corrected chi connectivity index (χ2v) is 3.47. The maximum atomic E-state index is 9.89. The highest BCUT2D eigenvalue weighted by atomic mass is 31.2. The van der Waals surface area contributed by atoms with E-state index in [1.165, 1.54) is 0 Å². The van der Waals surface area contributed by atoms with Crippen molar-refractivity contribution in [1.29, 1.82) is 0 Å². The molecule has 1 rings (SSSR count). The smallest absolute Gasteiger partial charge is 0.469 e. The summed E-state index contributed by atoms with van der Waals surface area (Å²) in [7, 11) is -4.49. The van der Waals surface area contributed by atoms with E-state index >= 15 is 0 Å². The van der Waals surface area contributed by atoms with Gasteiger partial charge in [-0.3, -0.25) is 9.32 Å². The molecule has 84 valence electrons. The largest absolute Gasteiger partial charge is 0.481 e. The van der Waals surface area contributed by atoms with Gasteiger partial charge in [0.15, 0.2) is 0 Å². The maximum absolute atomic E-state index is 9.89. The van der Waals surface area contributed by atoms with Crippen LogP contribution in [0.4, 0.5) is 0 Å². The summed E-state index contributed by atoms with van der Waals surface area (Å²) < 4.78 is 13.7. The van der Waals surface area contributed by atoms with Gasteiger partial charge in [-0.1, -0.05) is 0 Å². The first-order valence-corrected chi connectivity index (χ1v) is 5.08. The minimum absolute atomic E-state index is 0.0833. The van der Waals surface area contributed by atoms with Crippen LogP contribution in [0.3, 0.4) is 0 Å². The van der Waals surface area contributed by atoms with Crippen LogP contribution in [-0.4, -0.2) is 33.8 Å². The summed E-state index contributed by atoms with van der Waals surface area (Å²) in [5, 5.41) is 7.98. The van der Waals surface area contributed by atoms with Crippen molar-refractivity contribution >= 4 is 13.8 Å². The summed E-state index contributed by atoms with van der Waals surface area (Å²) in [6.45, 7) is 1.36. The van der Waals surface area contributed by atoms with Crippen molar-refractivity contribution in [3.63, 3.8) is 0 Å². The number of aliphatic carboxylic acids is 1. The highest BCUT2D eigenvalue weighted by Gasteiger charge is 2.16. The summed E-state index contributed by atoms with van der Waals surface area (Å²) in [5.41, 5.74) is 0. The summed E-state index contributed by atoms with van der Waals surface area (Å²) in [6, 6.07) is 0. The molecule has 0 aromatic heterocycles. The topological polar surface area (TPSA) is 129 Å². The van der Waals surface area contributed by atoms with Crippen LogP contribution in [0.2, 0.25) is 0 Å². The molecule has 0 aromatic carbocycles. The minimum atomic E-state index is -4.49. The van der Waals surface area contributed by atoms with Crippen LogP contribution >= 0.6 is 7.82 Å². The first kappa shape index (κ1) is 13.5. The van der Waals surface area contributed by atoms with Gasteiger partial charge in [-0.05, 0) is 6.92 Å². The SMILES string of the molecule is CC1OO1.O=C(O)CCOP(=O)(O)O. The molecule has 0 aromatic rings. The number of rotatable bonds is 4. The van der Waals surface area contributed by atoms with E-state index in [4.69, 9.17) is 14.9 Å². The van der Waals surface area contributed by atoms with E-state index in [1.807, 2.05) is 6.92 Å². The van der Waals surface area contributed by atoms with Crippen LogP contribution in [0.15, 0.2) is 0 Å². The number of carboxylic acid groups (broad SMARTS) is 1. The fourth-order valence-electron chi connectivity index (χ4n) is 0.307. The lowest BCUT2D eigenvalue weighted by Crippen LogP contribution is -2.00. The van der Waals surface area contributed by atoms with Crippen molar-refractivity contribution in [3.05, 3.63) is 0 Å². The van der Waals surface area contributed by atoms with Crippen molar-refractivity contribution in [2.75, 3.05) is 6.61 Å². The number of phosphoric acid groups is 1. The molecule has 0 radical (unpaired) electrons. The zero-order chi connectivity index (χ0) is 11.2. The van der Waals surface area contributed by atoms with Crippen molar-refractivity contribution < 1.29 is 38.6 Å². The molecule has 0 saturated carbocycles. The Morgan fingerprint density at radius 3 is 2.14 bits per heavy atom. The molecular formula is C5H11O8P. The Balaban J connectivity index is 0.000000344. The fraction of sp³-hybridized carbons (Fsp3) is 0.800. The van der Waals surface area contributed by atoms with Crippen molar-refractivity contribution in [3.8, 4) is 0 Å². The van der Waals surface area contributed by atoms with Gasteiger partial charge in [-0.15, -0.1) is 0 Å². The zero-order valence-corrected chi connectivity index (χ0v) is 8.22. The van der Waals surface area contributed by atoms with Gasteiger partial charge in [-0.2, -0.15) is 9.78 Å². The van der Waals surface area contributed by atoms with E-state index in [0.29, 0.717) is 0 Å². The molecule has 0 aliphatic carbocycles. The molecule has 1 saturated heterocycles. The third-order valence-corrected chi connectivity index (χ3v) is 1.38.